The molecule has 2 spiro atoms. The molecule has 8 aliphatic rings. The average Bonchev–Trinajstić information content (AvgIpc) is 3.05. The van der Waals surface area contributed by atoms with Crippen molar-refractivity contribution >= 4 is 5.78 Å². The molecule has 3 heteroatoms. The first-order valence-electron chi connectivity index (χ1n) is 10.6. The van der Waals surface area contributed by atoms with Crippen LogP contribution in [0, 0.1) is 39.9 Å². The predicted octanol–water partition coefficient (Wildman–Crippen LogP) is 3.39. The number of piperidine rings is 1. The Morgan fingerprint density at radius 3 is 3.04 bits per heavy atom. The second-order valence-electron chi connectivity index (χ2n) is 10.8. The van der Waals surface area contributed by atoms with Gasteiger partial charge in [0.25, 0.3) is 0 Å². The van der Waals surface area contributed by atoms with Gasteiger partial charge in [0.1, 0.15) is 12.0 Å². The molecule has 6 bridgehead atoms. The summed E-state index contributed by atoms with van der Waals surface area (Å²) in [7, 11) is 0. The number of fused-ring (bicyclic) bond motifs is 3. The van der Waals surface area contributed by atoms with Gasteiger partial charge in [0.2, 0.25) is 0 Å². The fourth-order valence-corrected chi connectivity index (χ4v) is 10.1. The third-order valence-corrected chi connectivity index (χ3v) is 10.3. The molecular weight excluding hydrogens is 310 g/mol. The minimum atomic E-state index is 0.0550. The number of carbonyl (C=O) groups is 1. The van der Waals surface area contributed by atoms with Gasteiger partial charge in [0.05, 0.1) is 6.61 Å². The van der Waals surface area contributed by atoms with E-state index in [-0.39, 0.29) is 28.4 Å². The van der Waals surface area contributed by atoms with Crippen molar-refractivity contribution in [1.82, 2.24) is 4.90 Å². The third kappa shape index (κ3) is 1.22. The number of Topliss-reactive ketones (excluding diaryl/α,β-unsaturated/α-hetero) is 1. The van der Waals surface area contributed by atoms with Crippen molar-refractivity contribution < 1.29 is 9.53 Å². The van der Waals surface area contributed by atoms with Crippen LogP contribution in [0.2, 0.25) is 0 Å². The molecule has 9 atom stereocenters. The molecule has 4 saturated carbocycles. The van der Waals surface area contributed by atoms with E-state index in [2.05, 4.69) is 24.8 Å². The van der Waals surface area contributed by atoms with Gasteiger partial charge in [-0.3, -0.25) is 9.69 Å². The van der Waals surface area contributed by atoms with Gasteiger partial charge in [0, 0.05) is 41.2 Å². The smallest absolute Gasteiger partial charge is 0.138 e. The van der Waals surface area contributed by atoms with Crippen LogP contribution in [0.1, 0.15) is 52.4 Å². The molecule has 3 nitrogen and oxygen atoms in total. The van der Waals surface area contributed by atoms with E-state index in [1.807, 2.05) is 0 Å². The first-order chi connectivity index (χ1) is 12.0. The first-order valence-corrected chi connectivity index (χ1v) is 10.6. The van der Waals surface area contributed by atoms with Crippen LogP contribution in [0.4, 0.5) is 0 Å². The van der Waals surface area contributed by atoms with Crippen molar-refractivity contribution in [3.8, 4) is 0 Å². The number of carbonyl (C=O) groups excluding carboxylic acids is 1. The van der Waals surface area contributed by atoms with Crippen molar-refractivity contribution in [2.45, 2.75) is 64.6 Å². The van der Waals surface area contributed by atoms with Crippen molar-refractivity contribution in [1.29, 1.82) is 0 Å². The summed E-state index contributed by atoms with van der Waals surface area (Å²) in [6.07, 6.45) is 10.2. The van der Waals surface area contributed by atoms with E-state index in [0.717, 1.165) is 31.4 Å². The highest BCUT2D eigenvalue weighted by Crippen LogP contribution is 2.81. The summed E-state index contributed by atoms with van der Waals surface area (Å²) in [6.45, 7) is 6.72. The highest BCUT2D eigenvalue weighted by atomic mass is 16.5. The Labute approximate surface area is 150 Å². The standard InChI is InChI=1S/C22H29NO2/c1-12-10-21-11-15(24)17-20(2)4-3-5-22(17)16(21)9-13(12)8-14(21)18(22)23-6-7-25-19(20)23/h10,13-14,16-19H,3-9,11H2,1-2H3/t13?,14?,16?,17?,18?,19?,20-,21?,22?/m1/s1. The summed E-state index contributed by atoms with van der Waals surface area (Å²) in [4.78, 5) is 16.5. The van der Waals surface area contributed by atoms with Gasteiger partial charge < -0.3 is 4.74 Å². The van der Waals surface area contributed by atoms with Crippen LogP contribution >= 0.6 is 0 Å². The Morgan fingerprint density at radius 2 is 2.16 bits per heavy atom. The number of allylic oxidation sites excluding steroid dienone is 2. The fraction of sp³-hybridized carbons (Fsp3) is 0.864. The number of hydrogen-bond acceptors (Lipinski definition) is 3. The molecule has 6 fully saturated rings. The summed E-state index contributed by atoms with van der Waals surface area (Å²) in [5.41, 5.74) is 2.12. The lowest BCUT2D eigenvalue weighted by atomic mass is 9.40. The Hall–Kier alpha value is -0.670. The van der Waals surface area contributed by atoms with Crippen molar-refractivity contribution in [3.05, 3.63) is 11.6 Å². The molecule has 134 valence electrons. The van der Waals surface area contributed by atoms with Gasteiger partial charge in [-0.05, 0) is 50.4 Å². The van der Waals surface area contributed by atoms with Crippen molar-refractivity contribution in [2.24, 2.45) is 39.9 Å². The minimum Gasteiger partial charge on any atom is -0.361 e. The minimum absolute atomic E-state index is 0.0550. The topological polar surface area (TPSA) is 29.5 Å². The molecule has 0 radical (unpaired) electrons. The molecule has 0 aromatic rings. The number of ketones is 1. The Morgan fingerprint density at radius 1 is 1.28 bits per heavy atom. The Kier molecular flexibility index (Phi) is 2.27. The van der Waals surface area contributed by atoms with E-state index >= 15 is 0 Å². The fourth-order valence-electron chi connectivity index (χ4n) is 10.1. The summed E-state index contributed by atoms with van der Waals surface area (Å²) in [5, 5.41) is 0. The highest BCUT2D eigenvalue weighted by Gasteiger charge is 2.82. The number of hydrogen-bond donors (Lipinski definition) is 0. The second kappa shape index (κ2) is 3.94. The normalized spacial score (nSPS) is 63.6. The zero-order valence-electron chi connectivity index (χ0n) is 15.5. The molecule has 25 heavy (non-hydrogen) atoms. The van der Waals surface area contributed by atoms with E-state index in [4.69, 9.17) is 4.74 Å². The van der Waals surface area contributed by atoms with Crippen LogP contribution in [-0.4, -0.2) is 36.1 Å². The summed E-state index contributed by atoms with van der Waals surface area (Å²) in [5.74, 6) is 3.14. The van der Waals surface area contributed by atoms with Crippen LogP contribution in [0.5, 0.6) is 0 Å². The SMILES string of the molecule is CC1=CC23CC(=O)C4C56CCC[C@@]4(C)C4OCCN4C5C2CC1CC36. The van der Waals surface area contributed by atoms with E-state index in [9.17, 15) is 4.79 Å². The molecule has 2 heterocycles. The van der Waals surface area contributed by atoms with Crippen LogP contribution < -0.4 is 0 Å². The lowest BCUT2D eigenvalue weighted by Gasteiger charge is -2.66. The molecule has 0 aromatic carbocycles. The Balaban J connectivity index is 1.56. The molecule has 8 rings (SSSR count). The van der Waals surface area contributed by atoms with Gasteiger partial charge in [-0.15, -0.1) is 0 Å². The van der Waals surface area contributed by atoms with E-state index in [0.29, 0.717) is 17.7 Å². The lowest BCUT2D eigenvalue weighted by molar-refractivity contribution is -0.232. The van der Waals surface area contributed by atoms with Gasteiger partial charge in [-0.25, -0.2) is 0 Å². The number of nitrogens with zero attached hydrogens (tertiary/aromatic N) is 1. The molecule has 8 unspecified atom stereocenters. The van der Waals surface area contributed by atoms with Gasteiger partial charge in [0.15, 0.2) is 0 Å². The predicted molar refractivity (Wildman–Crippen MR) is 93.6 cm³/mol. The van der Waals surface area contributed by atoms with E-state index < -0.39 is 0 Å². The van der Waals surface area contributed by atoms with Crippen LogP contribution in [0.15, 0.2) is 11.6 Å². The van der Waals surface area contributed by atoms with Crippen LogP contribution in [-0.2, 0) is 9.53 Å². The zero-order valence-corrected chi connectivity index (χ0v) is 15.5. The molecule has 0 amide bonds. The lowest BCUT2D eigenvalue weighted by Crippen LogP contribution is -2.71. The highest BCUT2D eigenvalue weighted by molar-refractivity contribution is 5.87. The maximum absolute atomic E-state index is 13.7. The summed E-state index contributed by atoms with van der Waals surface area (Å²) < 4.78 is 6.36. The largest absolute Gasteiger partial charge is 0.361 e. The number of rotatable bonds is 0. The summed E-state index contributed by atoms with van der Waals surface area (Å²) >= 11 is 0. The molecule has 6 aliphatic carbocycles. The first kappa shape index (κ1) is 14.4. The number of ether oxygens (including phenoxy) is 1. The van der Waals surface area contributed by atoms with E-state index in [1.165, 1.54) is 32.1 Å². The van der Waals surface area contributed by atoms with Gasteiger partial charge in [-0.1, -0.05) is 25.0 Å². The average molecular weight is 339 g/mol. The monoisotopic (exact) mass is 339 g/mol. The molecule has 2 aliphatic heterocycles. The maximum atomic E-state index is 13.7. The third-order valence-electron chi connectivity index (χ3n) is 10.3. The van der Waals surface area contributed by atoms with Crippen molar-refractivity contribution in [3.63, 3.8) is 0 Å². The maximum Gasteiger partial charge on any atom is 0.138 e. The quantitative estimate of drug-likeness (QED) is 0.634. The molecular formula is C22H29NO2. The van der Waals surface area contributed by atoms with Crippen LogP contribution in [0.25, 0.3) is 0 Å². The second-order valence-corrected chi connectivity index (χ2v) is 10.8. The molecule has 0 N–H and O–H groups in total. The van der Waals surface area contributed by atoms with E-state index in [1.54, 1.807) is 5.57 Å². The Bertz CT molecular complexity index is 744. The van der Waals surface area contributed by atoms with Gasteiger partial charge >= 0.3 is 0 Å². The zero-order chi connectivity index (χ0) is 16.8. The summed E-state index contributed by atoms with van der Waals surface area (Å²) in [6, 6.07) is 0.615. The molecule has 2 saturated heterocycles. The van der Waals surface area contributed by atoms with Gasteiger partial charge in [-0.2, -0.15) is 0 Å². The van der Waals surface area contributed by atoms with Crippen LogP contribution in [0.3, 0.4) is 0 Å². The molecule has 0 aromatic heterocycles. The van der Waals surface area contributed by atoms with Crippen molar-refractivity contribution in [2.75, 3.05) is 13.2 Å².